The fraction of sp³-hybridized carbons (Fsp3) is 0.643. The van der Waals surface area contributed by atoms with E-state index in [1.807, 2.05) is 13.0 Å². The van der Waals surface area contributed by atoms with E-state index in [9.17, 15) is 4.79 Å². The van der Waals surface area contributed by atoms with Gasteiger partial charge in [0.1, 0.15) is 0 Å². The second-order valence-corrected chi connectivity index (χ2v) is 5.50. The van der Waals surface area contributed by atoms with E-state index in [2.05, 4.69) is 19.2 Å². The van der Waals surface area contributed by atoms with E-state index in [0.29, 0.717) is 13.2 Å². The fourth-order valence-electron chi connectivity index (χ4n) is 1.76. The molecule has 0 fully saturated rings. The van der Waals surface area contributed by atoms with Crippen LogP contribution in [0.4, 0.5) is 0 Å². The summed E-state index contributed by atoms with van der Waals surface area (Å²) in [7, 11) is 0. The third kappa shape index (κ3) is 4.78. The molecule has 3 nitrogen and oxygen atoms in total. The normalized spacial score (nSPS) is 10.6. The smallest absolute Gasteiger partial charge is 0.261 e. The maximum absolute atomic E-state index is 11.9. The van der Waals surface area contributed by atoms with Gasteiger partial charge in [-0.1, -0.05) is 13.3 Å². The number of aryl methyl sites for hydroxylation is 2. The van der Waals surface area contributed by atoms with E-state index in [1.165, 1.54) is 10.4 Å². The number of rotatable bonds is 8. The molecule has 0 aliphatic rings. The number of thiophene rings is 1. The number of hydrogen-bond donors (Lipinski definition) is 1. The predicted molar refractivity (Wildman–Crippen MR) is 76.5 cm³/mol. The van der Waals surface area contributed by atoms with Gasteiger partial charge in [0.2, 0.25) is 0 Å². The molecular weight excluding hydrogens is 246 g/mol. The largest absolute Gasteiger partial charge is 0.382 e. The lowest BCUT2D eigenvalue weighted by Gasteiger charge is -2.03. The van der Waals surface area contributed by atoms with Crippen molar-refractivity contribution in [3.05, 3.63) is 21.4 Å². The molecule has 0 aromatic carbocycles. The summed E-state index contributed by atoms with van der Waals surface area (Å²) in [5, 5.41) is 2.93. The maximum atomic E-state index is 11.9. The zero-order chi connectivity index (χ0) is 13.4. The van der Waals surface area contributed by atoms with E-state index >= 15 is 0 Å². The lowest BCUT2D eigenvalue weighted by molar-refractivity contribution is 0.0948. The molecular formula is C14H23NO2S. The molecule has 18 heavy (non-hydrogen) atoms. The molecule has 0 saturated carbocycles. The second kappa shape index (κ2) is 8.27. The molecule has 1 aromatic rings. The first-order chi connectivity index (χ1) is 8.69. The highest BCUT2D eigenvalue weighted by Gasteiger charge is 2.11. The average molecular weight is 269 g/mol. The van der Waals surface area contributed by atoms with Crippen LogP contribution in [0.25, 0.3) is 0 Å². The molecule has 0 bridgehead atoms. The molecule has 0 atom stereocenters. The first-order valence-electron chi connectivity index (χ1n) is 6.64. The zero-order valence-electron chi connectivity index (χ0n) is 11.5. The Hall–Kier alpha value is -0.870. The predicted octanol–water partition coefficient (Wildman–Crippen LogP) is 3.17. The van der Waals surface area contributed by atoms with Gasteiger partial charge in [0.15, 0.2) is 0 Å². The van der Waals surface area contributed by atoms with Gasteiger partial charge in [0, 0.05) is 24.6 Å². The van der Waals surface area contributed by atoms with Crippen LogP contribution in [0.15, 0.2) is 6.07 Å². The average Bonchev–Trinajstić information content (AvgIpc) is 2.71. The summed E-state index contributed by atoms with van der Waals surface area (Å²) >= 11 is 1.59. The highest BCUT2D eigenvalue weighted by Crippen LogP contribution is 2.22. The molecule has 0 aliphatic heterocycles. The van der Waals surface area contributed by atoms with E-state index in [-0.39, 0.29) is 5.91 Å². The standard InChI is InChI=1S/C14H23NO2S/c1-4-7-12-10-13(18-11(12)3)14(16)15-8-6-9-17-5-2/h10H,4-9H2,1-3H3,(H,15,16). The quantitative estimate of drug-likeness (QED) is 0.736. The molecule has 1 heterocycles. The Bertz CT molecular complexity index is 374. The molecule has 1 amide bonds. The van der Waals surface area contributed by atoms with Gasteiger partial charge in [-0.15, -0.1) is 11.3 Å². The number of amides is 1. The summed E-state index contributed by atoms with van der Waals surface area (Å²) in [5.41, 5.74) is 1.31. The Morgan fingerprint density at radius 3 is 2.89 bits per heavy atom. The summed E-state index contributed by atoms with van der Waals surface area (Å²) in [6.45, 7) is 8.34. The Labute approximate surface area is 114 Å². The minimum atomic E-state index is 0.0435. The van der Waals surface area contributed by atoms with Crippen molar-refractivity contribution in [2.75, 3.05) is 19.8 Å². The molecule has 0 spiro atoms. The SMILES string of the molecule is CCCc1cc(C(=O)NCCCOCC)sc1C. The van der Waals surface area contributed by atoms with Gasteiger partial charge >= 0.3 is 0 Å². The monoisotopic (exact) mass is 269 g/mol. The van der Waals surface area contributed by atoms with Crippen LogP contribution in [0.3, 0.4) is 0 Å². The van der Waals surface area contributed by atoms with Crippen molar-refractivity contribution in [1.82, 2.24) is 5.32 Å². The molecule has 102 valence electrons. The van der Waals surface area contributed by atoms with Gasteiger partial charge in [0.05, 0.1) is 4.88 Å². The minimum absolute atomic E-state index is 0.0435. The highest BCUT2D eigenvalue weighted by atomic mass is 32.1. The number of ether oxygens (including phenoxy) is 1. The van der Waals surface area contributed by atoms with Crippen LogP contribution in [0, 0.1) is 6.92 Å². The zero-order valence-corrected chi connectivity index (χ0v) is 12.4. The van der Waals surface area contributed by atoms with Gasteiger partial charge in [-0.3, -0.25) is 4.79 Å². The van der Waals surface area contributed by atoms with Gasteiger partial charge in [-0.25, -0.2) is 0 Å². The fourth-order valence-corrected chi connectivity index (χ4v) is 2.74. The summed E-state index contributed by atoms with van der Waals surface area (Å²) < 4.78 is 5.23. The van der Waals surface area contributed by atoms with Crippen LogP contribution in [0.2, 0.25) is 0 Å². The Balaban J connectivity index is 2.39. The summed E-state index contributed by atoms with van der Waals surface area (Å²) in [6.07, 6.45) is 3.04. The number of carbonyl (C=O) groups excluding carboxylic acids is 1. The molecule has 0 radical (unpaired) electrons. The van der Waals surface area contributed by atoms with Crippen molar-refractivity contribution in [1.29, 1.82) is 0 Å². The van der Waals surface area contributed by atoms with E-state index in [1.54, 1.807) is 11.3 Å². The van der Waals surface area contributed by atoms with Crippen molar-refractivity contribution in [3.63, 3.8) is 0 Å². The Kier molecular flexibility index (Phi) is 6.98. The first-order valence-corrected chi connectivity index (χ1v) is 7.45. The van der Waals surface area contributed by atoms with Crippen LogP contribution in [-0.4, -0.2) is 25.7 Å². The van der Waals surface area contributed by atoms with Gasteiger partial charge in [-0.2, -0.15) is 0 Å². The summed E-state index contributed by atoms with van der Waals surface area (Å²) in [6, 6.07) is 2.03. The molecule has 0 saturated heterocycles. The molecule has 1 N–H and O–H groups in total. The van der Waals surface area contributed by atoms with Crippen LogP contribution in [-0.2, 0) is 11.2 Å². The number of carbonyl (C=O) groups is 1. The van der Waals surface area contributed by atoms with Crippen molar-refractivity contribution < 1.29 is 9.53 Å². The van der Waals surface area contributed by atoms with E-state index in [0.717, 1.165) is 30.7 Å². The maximum Gasteiger partial charge on any atom is 0.261 e. The van der Waals surface area contributed by atoms with Crippen LogP contribution in [0.1, 0.15) is 46.8 Å². The van der Waals surface area contributed by atoms with Crippen molar-refractivity contribution in [2.45, 2.75) is 40.0 Å². The van der Waals surface area contributed by atoms with Gasteiger partial charge in [-0.05, 0) is 38.3 Å². The third-order valence-electron chi connectivity index (χ3n) is 2.72. The lowest BCUT2D eigenvalue weighted by Crippen LogP contribution is -2.24. The molecule has 4 heteroatoms. The molecule has 0 unspecified atom stereocenters. The molecule has 1 aromatic heterocycles. The first kappa shape index (κ1) is 15.2. The minimum Gasteiger partial charge on any atom is -0.382 e. The third-order valence-corrected chi connectivity index (χ3v) is 3.81. The summed E-state index contributed by atoms with van der Waals surface area (Å²) in [5.74, 6) is 0.0435. The van der Waals surface area contributed by atoms with E-state index < -0.39 is 0 Å². The van der Waals surface area contributed by atoms with Gasteiger partial charge in [0.25, 0.3) is 5.91 Å². The second-order valence-electron chi connectivity index (χ2n) is 4.25. The molecule has 0 aliphatic carbocycles. The Morgan fingerprint density at radius 1 is 1.44 bits per heavy atom. The van der Waals surface area contributed by atoms with Crippen molar-refractivity contribution in [2.24, 2.45) is 0 Å². The van der Waals surface area contributed by atoms with Gasteiger partial charge < -0.3 is 10.1 Å². The van der Waals surface area contributed by atoms with Crippen molar-refractivity contribution >= 4 is 17.2 Å². The Morgan fingerprint density at radius 2 is 2.22 bits per heavy atom. The van der Waals surface area contributed by atoms with Crippen LogP contribution >= 0.6 is 11.3 Å². The highest BCUT2D eigenvalue weighted by molar-refractivity contribution is 7.14. The van der Waals surface area contributed by atoms with Crippen LogP contribution < -0.4 is 5.32 Å². The van der Waals surface area contributed by atoms with Crippen LogP contribution in [0.5, 0.6) is 0 Å². The number of nitrogens with one attached hydrogen (secondary N) is 1. The van der Waals surface area contributed by atoms with E-state index in [4.69, 9.17) is 4.74 Å². The lowest BCUT2D eigenvalue weighted by atomic mass is 10.1. The number of hydrogen-bond acceptors (Lipinski definition) is 3. The summed E-state index contributed by atoms with van der Waals surface area (Å²) in [4.78, 5) is 14.0. The topological polar surface area (TPSA) is 38.3 Å². The van der Waals surface area contributed by atoms with Crippen molar-refractivity contribution in [3.8, 4) is 0 Å². The molecule has 1 rings (SSSR count).